The molecule has 2 aromatic heterocycles. The summed E-state index contributed by atoms with van der Waals surface area (Å²) in [4.78, 5) is 15.2. The summed E-state index contributed by atoms with van der Waals surface area (Å²) in [5.74, 6) is -0.701. The van der Waals surface area contributed by atoms with Crippen molar-refractivity contribution in [3.8, 4) is 0 Å². The summed E-state index contributed by atoms with van der Waals surface area (Å²) in [7, 11) is -3.74. The minimum atomic E-state index is -3.74. The molecule has 8 nitrogen and oxygen atoms in total. The second-order valence-electron chi connectivity index (χ2n) is 6.20. The second-order valence-corrected chi connectivity index (χ2v) is 8.04. The van der Waals surface area contributed by atoms with Gasteiger partial charge in [0.2, 0.25) is 0 Å². The van der Waals surface area contributed by atoms with Crippen molar-refractivity contribution in [2.75, 3.05) is 0 Å². The molecule has 0 bridgehead atoms. The molecular formula is C20H20N4O4S. The van der Waals surface area contributed by atoms with E-state index in [4.69, 9.17) is 5.21 Å². The lowest BCUT2D eigenvalue weighted by molar-refractivity contribution is -0.124. The molecule has 3 rings (SSSR count). The van der Waals surface area contributed by atoms with Gasteiger partial charge in [0.25, 0.3) is 15.9 Å². The Hall–Kier alpha value is -3.27. The van der Waals surface area contributed by atoms with Crippen LogP contribution in [0.15, 0.2) is 78.2 Å². The molecule has 0 unspecified atom stereocenters. The standard InChI is InChI=1S/C20H20N4O4S/c25-20(23-26)8-5-17-9-11-24(15-17)29(27,28)19-6-3-16(4-7-19)12-22-14-18-2-1-10-21-13-18/h1-11,13,15,22,26H,12,14H2,(H,23,25). The summed E-state index contributed by atoms with van der Waals surface area (Å²) in [6.07, 6.45) is 8.79. The minimum Gasteiger partial charge on any atom is -0.309 e. The number of hydrogen-bond donors (Lipinski definition) is 3. The number of rotatable bonds is 8. The highest BCUT2D eigenvalue weighted by Crippen LogP contribution is 2.17. The predicted octanol–water partition coefficient (Wildman–Crippen LogP) is 1.93. The largest absolute Gasteiger partial charge is 0.309 e. The van der Waals surface area contributed by atoms with E-state index in [-0.39, 0.29) is 4.90 Å². The van der Waals surface area contributed by atoms with E-state index in [9.17, 15) is 13.2 Å². The molecule has 0 fully saturated rings. The number of amides is 1. The van der Waals surface area contributed by atoms with Crippen molar-refractivity contribution < 1.29 is 18.4 Å². The van der Waals surface area contributed by atoms with Crippen molar-refractivity contribution in [1.82, 2.24) is 19.8 Å². The van der Waals surface area contributed by atoms with Crippen molar-refractivity contribution in [3.05, 3.63) is 90.0 Å². The Kier molecular flexibility index (Phi) is 6.55. The summed E-state index contributed by atoms with van der Waals surface area (Å²) in [5.41, 5.74) is 4.00. The van der Waals surface area contributed by atoms with Crippen LogP contribution in [-0.2, 0) is 27.9 Å². The molecule has 9 heteroatoms. The minimum absolute atomic E-state index is 0.160. The maximum absolute atomic E-state index is 12.7. The van der Waals surface area contributed by atoms with Crippen LogP contribution in [-0.4, -0.2) is 28.5 Å². The quantitative estimate of drug-likeness (QED) is 0.296. The first-order valence-electron chi connectivity index (χ1n) is 8.73. The third-order valence-electron chi connectivity index (χ3n) is 4.11. The molecule has 0 atom stereocenters. The molecule has 0 spiro atoms. The zero-order valence-electron chi connectivity index (χ0n) is 15.4. The van der Waals surface area contributed by atoms with Gasteiger partial charge in [0.05, 0.1) is 4.90 Å². The molecule has 0 aliphatic carbocycles. The van der Waals surface area contributed by atoms with Crippen LogP contribution in [0.2, 0.25) is 0 Å². The van der Waals surface area contributed by atoms with Crippen molar-refractivity contribution in [2.24, 2.45) is 0 Å². The Labute approximate surface area is 168 Å². The lowest BCUT2D eigenvalue weighted by Crippen LogP contribution is -2.14. The molecule has 3 N–H and O–H groups in total. The summed E-state index contributed by atoms with van der Waals surface area (Å²) in [6.45, 7) is 1.27. The van der Waals surface area contributed by atoms with Gasteiger partial charge in [0.1, 0.15) is 0 Å². The number of benzene rings is 1. The monoisotopic (exact) mass is 412 g/mol. The maximum Gasteiger partial charge on any atom is 0.267 e. The average Bonchev–Trinajstić information content (AvgIpc) is 3.23. The molecule has 0 aliphatic rings. The van der Waals surface area contributed by atoms with Gasteiger partial charge in [-0.25, -0.2) is 17.9 Å². The Bertz CT molecular complexity index is 1090. The van der Waals surface area contributed by atoms with E-state index < -0.39 is 15.9 Å². The Morgan fingerprint density at radius 3 is 2.55 bits per heavy atom. The van der Waals surface area contributed by atoms with Crippen LogP contribution < -0.4 is 10.8 Å². The maximum atomic E-state index is 12.7. The molecule has 150 valence electrons. The number of carbonyl (C=O) groups excluding carboxylic acids is 1. The van der Waals surface area contributed by atoms with Crippen LogP contribution >= 0.6 is 0 Å². The Morgan fingerprint density at radius 2 is 1.86 bits per heavy atom. The van der Waals surface area contributed by atoms with Gasteiger partial charge in [-0.05, 0) is 47.0 Å². The predicted molar refractivity (Wildman–Crippen MR) is 107 cm³/mol. The normalized spacial score (nSPS) is 11.6. The van der Waals surface area contributed by atoms with Crippen LogP contribution in [0.4, 0.5) is 0 Å². The van der Waals surface area contributed by atoms with Gasteiger partial charge in [-0.2, -0.15) is 0 Å². The van der Waals surface area contributed by atoms with E-state index in [1.807, 2.05) is 12.1 Å². The van der Waals surface area contributed by atoms with Gasteiger partial charge in [-0.1, -0.05) is 18.2 Å². The lowest BCUT2D eigenvalue weighted by Gasteiger charge is -2.08. The first-order valence-corrected chi connectivity index (χ1v) is 10.2. The van der Waals surface area contributed by atoms with Crippen LogP contribution in [0.1, 0.15) is 16.7 Å². The van der Waals surface area contributed by atoms with E-state index in [2.05, 4.69) is 10.3 Å². The third kappa shape index (κ3) is 5.38. The van der Waals surface area contributed by atoms with E-state index in [1.165, 1.54) is 23.9 Å². The van der Waals surface area contributed by atoms with Gasteiger partial charge in [0, 0.05) is 44.0 Å². The summed E-state index contributed by atoms with van der Waals surface area (Å²) in [6, 6.07) is 12.1. The number of hydrogen-bond acceptors (Lipinski definition) is 6. The van der Waals surface area contributed by atoms with Crippen molar-refractivity contribution in [3.63, 3.8) is 0 Å². The van der Waals surface area contributed by atoms with Crippen LogP contribution in [0.25, 0.3) is 6.08 Å². The molecule has 0 saturated carbocycles. The zero-order valence-corrected chi connectivity index (χ0v) is 16.2. The smallest absolute Gasteiger partial charge is 0.267 e. The molecule has 0 saturated heterocycles. The van der Waals surface area contributed by atoms with Crippen molar-refractivity contribution in [2.45, 2.75) is 18.0 Å². The average molecular weight is 412 g/mol. The molecule has 0 aliphatic heterocycles. The summed E-state index contributed by atoms with van der Waals surface area (Å²) >= 11 is 0. The SMILES string of the molecule is O=C(C=Cc1ccn(S(=O)(=O)c2ccc(CNCc3cccnc3)cc2)c1)NO. The van der Waals surface area contributed by atoms with E-state index in [0.717, 1.165) is 21.2 Å². The number of hydroxylamine groups is 1. The Balaban J connectivity index is 1.64. The van der Waals surface area contributed by atoms with Crippen LogP contribution in [0.5, 0.6) is 0 Å². The van der Waals surface area contributed by atoms with Gasteiger partial charge in [0.15, 0.2) is 0 Å². The molecule has 29 heavy (non-hydrogen) atoms. The highest BCUT2D eigenvalue weighted by molar-refractivity contribution is 7.90. The number of pyridine rings is 1. The van der Waals surface area contributed by atoms with Gasteiger partial charge < -0.3 is 5.32 Å². The summed E-state index contributed by atoms with van der Waals surface area (Å²) in [5, 5.41) is 11.8. The van der Waals surface area contributed by atoms with Crippen molar-refractivity contribution in [1.29, 1.82) is 0 Å². The number of carbonyl (C=O) groups is 1. The Morgan fingerprint density at radius 1 is 1.10 bits per heavy atom. The lowest BCUT2D eigenvalue weighted by atomic mass is 10.2. The number of nitrogens with one attached hydrogen (secondary N) is 2. The topological polar surface area (TPSA) is 113 Å². The zero-order chi connectivity index (χ0) is 20.7. The molecule has 1 amide bonds. The first-order chi connectivity index (χ1) is 14.0. The van der Waals surface area contributed by atoms with Crippen LogP contribution in [0.3, 0.4) is 0 Å². The van der Waals surface area contributed by atoms with Gasteiger partial charge in [-0.3, -0.25) is 15.0 Å². The third-order valence-corrected chi connectivity index (χ3v) is 5.76. The fraction of sp³-hybridized carbons (Fsp3) is 0.100. The summed E-state index contributed by atoms with van der Waals surface area (Å²) < 4.78 is 26.6. The molecule has 2 heterocycles. The molecular weight excluding hydrogens is 392 g/mol. The van der Waals surface area contributed by atoms with Crippen molar-refractivity contribution >= 4 is 22.0 Å². The van der Waals surface area contributed by atoms with E-state index >= 15 is 0 Å². The molecule has 3 aromatic rings. The number of nitrogens with zero attached hydrogens (tertiary/aromatic N) is 2. The van der Waals surface area contributed by atoms with E-state index in [0.29, 0.717) is 18.7 Å². The fourth-order valence-corrected chi connectivity index (χ4v) is 3.81. The van der Waals surface area contributed by atoms with Gasteiger partial charge in [-0.15, -0.1) is 0 Å². The fourth-order valence-electron chi connectivity index (χ4n) is 2.60. The number of aromatic nitrogens is 2. The van der Waals surface area contributed by atoms with E-state index in [1.54, 1.807) is 42.7 Å². The molecule has 0 radical (unpaired) electrons. The van der Waals surface area contributed by atoms with Crippen LogP contribution in [0, 0.1) is 0 Å². The second kappa shape index (κ2) is 9.28. The first kappa shape index (κ1) is 20.5. The highest BCUT2D eigenvalue weighted by atomic mass is 32.2. The highest BCUT2D eigenvalue weighted by Gasteiger charge is 2.16. The molecule has 1 aromatic carbocycles. The van der Waals surface area contributed by atoms with Gasteiger partial charge >= 0.3 is 0 Å².